The van der Waals surface area contributed by atoms with Gasteiger partial charge in [0.1, 0.15) is 5.75 Å². The molecule has 0 saturated heterocycles. The number of rotatable bonds is 6. The molecule has 5 nitrogen and oxygen atoms in total. The van der Waals surface area contributed by atoms with Crippen LogP contribution in [0.25, 0.3) is 0 Å². The lowest BCUT2D eigenvalue weighted by molar-refractivity contribution is -0.118. The first-order valence-corrected chi connectivity index (χ1v) is 7.91. The van der Waals surface area contributed by atoms with Crippen molar-refractivity contribution >= 4 is 45.0 Å². The van der Waals surface area contributed by atoms with Gasteiger partial charge in [-0.2, -0.15) is 0 Å². The molecule has 120 valence electrons. The van der Waals surface area contributed by atoms with Gasteiger partial charge < -0.3 is 15.8 Å². The van der Waals surface area contributed by atoms with Gasteiger partial charge in [-0.05, 0) is 30.3 Å². The summed E-state index contributed by atoms with van der Waals surface area (Å²) < 4.78 is 6.26. The first kappa shape index (κ1) is 17.3. The highest BCUT2D eigenvalue weighted by atomic mass is 79.9. The van der Waals surface area contributed by atoms with Crippen molar-refractivity contribution in [2.45, 2.75) is 6.42 Å². The normalized spacial score (nSPS) is 10.2. The summed E-state index contributed by atoms with van der Waals surface area (Å²) in [5, 5.41) is 3.08. The van der Waals surface area contributed by atoms with Gasteiger partial charge in [-0.1, -0.05) is 39.7 Å². The molecule has 2 rings (SSSR count). The number of carbonyl (C=O) groups excluding carboxylic acids is 2. The number of nitrogens with one attached hydrogen (secondary N) is 1. The summed E-state index contributed by atoms with van der Waals surface area (Å²) in [5.74, 6) is -0.350. The zero-order chi connectivity index (χ0) is 16.8. The maximum absolute atomic E-state index is 12.3. The lowest BCUT2D eigenvalue weighted by Crippen LogP contribution is -2.16. The number of primary amides is 1. The second kappa shape index (κ2) is 7.99. The van der Waals surface area contributed by atoms with Gasteiger partial charge in [-0.15, -0.1) is 0 Å². The first-order chi connectivity index (χ1) is 11.0. The molecule has 0 radical (unpaired) electrons. The standard InChI is InChI=1S/C16H14BrClN2O3/c17-10-5-6-11(12(18)9-10)16(22)20-13-3-1-2-4-14(13)23-8-7-15(19)21/h1-6,9H,7-8H2,(H2,19,21)(H,20,22). The fraction of sp³-hybridized carbons (Fsp3) is 0.125. The second-order valence-corrected chi connectivity index (χ2v) is 5.96. The van der Waals surface area contributed by atoms with E-state index in [0.717, 1.165) is 4.47 Å². The Hall–Kier alpha value is -2.05. The Balaban J connectivity index is 2.13. The van der Waals surface area contributed by atoms with Gasteiger partial charge in [0.25, 0.3) is 5.91 Å². The highest BCUT2D eigenvalue weighted by Gasteiger charge is 2.13. The number of halogens is 2. The number of carbonyl (C=O) groups is 2. The van der Waals surface area contributed by atoms with Crippen LogP contribution < -0.4 is 15.8 Å². The number of anilines is 1. The van der Waals surface area contributed by atoms with Crippen LogP contribution in [-0.2, 0) is 4.79 Å². The van der Waals surface area contributed by atoms with Crippen molar-refractivity contribution in [2.75, 3.05) is 11.9 Å². The second-order valence-electron chi connectivity index (χ2n) is 4.64. The molecule has 0 aliphatic rings. The van der Waals surface area contributed by atoms with Crippen LogP contribution in [0.3, 0.4) is 0 Å². The Morgan fingerprint density at radius 3 is 2.65 bits per heavy atom. The predicted octanol–water partition coefficient (Wildman–Crippen LogP) is 3.61. The van der Waals surface area contributed by atoms with Gasteiger partial charge in [0.15, 0.2) is 0 Å². The summed E-state index contributed by atoms with van der Waals surface area (Å²) in [6.07, 6.45) is 0.0980. The zero-order valence-corrected chi connectivity index (χ0v) is 14.4. The number of hydrogen-bond donors (Lipinski definition) is 2. The molecule has 2 aromatic carbocycles. The Kier molecular flexibility index (Phi) is 6.01. The van der Waals surface area contributed by atoms with E-state index < -0.39 is 5.91 Å². The third-order valence-electron chi connectivity index (χ3n) is 2.92. The van der Waals surface area contributed by atoms with Crippen molar-refractivity contribution in [2.24, 2.45) is 5.73 Å². The molecule has 0 heterocycles. The minimum atomic E-state index is -0.451. The first-order valence-electron chi connectivity index (χ1n) is 6.74. The molecule has 23 heavy (non-hydrogen) atoms. The van der Waals surface area contributed by atoms with E-state index in [0.29, 0.717) is 22.0 Å². The van der Waals surface area contributed by atoms with E-state index in [9.17, 15) is 9.59 Å². The van der Waals surface area contributed by atoms with E-state index in [1.54, 1.807) is 42.5 Å². The number of nitrogens with two attached hydrogens (primary N) is 1. The predicted molar refractivity (Wildman–Crippen MR) is 92.9 cm³/mol. The average molecular weight is 398 g/mol. The van der Waals surface area contributed by atoms with Crippen LogP contribution in [0.2, 0.25) is 5.02 Å². The molecular weight excluding hydrogens is 384 g/mol. The molecule has 0 aliphatic heterocycles. The van der Waals surface area contributed by atoms with E-state index >= 15 is 0 Å². The van der Waals surface area contributed by atoms with Crippen LogP contribution >= 0.6 is 27.5 Å². The maximum atomic E-state index is 12.3. The van der Waals surface area contributed by atoms with Crippen LogP contribution in [-0.4, -0.2) is 18.4 Å². The molecule has 7 heteroatoms. The molecule has 0 aromatic heterocycles. The summed E-state index contributed by atoms with van der Waals surface area (Å²) in [4.78, 5) is 23.1. The summed E-state index contributed by atoms with van der Waals surface area (Å²) in [5.41, 5.74) is 5.91. The SMILES string of the molecule is NC(=O)CCOc1ccccc1NC(=O)c1ccc(Br)cc1Cl. The minimum absolute atomic E-state index is 0.0980. The van der Waals surface area contributed by atoms with E-state index in [4.69, 9.17) is 22.1 Å². The highest BCUT2D eigenvalue weighted by Crippen LogP contribution is 2.26. The lowest BCUT2D eigenvalue weighted by Gasteiger charge is -2.12. The molecule has 0 bridgehead atoms. The van der Waals surface area contributed by atoms with Crippen molar-refractivity contribution in [1.29, 1.82) is 0 Å². The molecule has 0 aliphatic carbocycles. The van der Waals surface area contributed by atoms with Crippen LogP contribution in [0.5, 0.6) is 5.75 Å². The fourth-order valence-corrected chi connectivity index (χ4v) is 2.58. The van der Waals surface area contributed by atoms with E-state index in [1.807, 2.05) is 0 Å². The van der Waals surface area contributed by atoms with Gasteiger partial charge in [0, 0.05) is 4.47 Å². The van der Waals surface area contributed by atoms with E-state index in [-0.39, 0.29) is 18.9 Å². The van der Waals surface area contributed by atoms with Gasteiger partial charge in [-0.25, -0.2) is 0 Å². The monoisotopic (exact) mass is 396 g/mol. The molecule has 2 amide bonds. The Morgan fingerprint density at radius 2 is 1.96 bits per heavy atom. The van der Waals surface area contributed by atoms with Gasteiger partial charge in [0.2, 0.25) is 5.91 Å². The van der Waals surface area contributed by atoms with Crippen molar-refractivity contribution in [3.63, 3.8) is 0 Å². The third-order valence-corrected chi connectivity index (χ3v) is 3.72. The third kappa shape index (κ3) is 4.97. The van der Waals surface area contributed by atoms with Crippen LogP contribution in [0.4, 0.5) is 5.69 Å². The topological polar surface area (TPSA) is 81.4 Å². The van der Waals surface area contributed by atoms with E-state index in [1.165, 1.54) is 0 Å². The summed E-state index contributed by atoms with van der Waals surface area (Å²) >= 11 is 9.37. The molecule has 0 unspecified atom stereocenters. The molecular formula is C16H14BrClN2O3. The Morgan fingerprint density at radius 1 is 1.22 bits per heavy atom. The van der Waals surface area contributed by atoms with Gasteiger partial charge >= 0.3 is 0 Å². The number of hydrogen-bond acceptors (Lipinski definition) is 3. The zero-order valence-electron chi connectivity index (χ0n) is 12.0. The van der Waals surface area contributed by atoms with Crippen LogP contribution in [0.1, 0.15) is 16.8 Å². The quantitative estimate of drug-likeness (QED) is 0.781. The molecule has 0 spiro atoms. The smallest absolute Gasteiger partial charge is 0.257 e. The van der Waals surface area contributed by atoms with E-state index in [2.05, 4.69) is 21.2 Å². The largest absolute Gasteiger partial charge is 0.491 e. The summed E-state index contributed by atoms with van der Waals surface area (Å²) in [7, 11) is 0. The van der Waals surface area contributed by atoms with Crippen molar-refractivity contribution in [3.8, 4) is 5.75 Å². The average Bonchev–Trinajstić information content (AvgIpc) is 2.48. The Labute approximate surface area is 146 Å². The van der Waals surface area contributed by atoms with Crippen LogP contribution in [0.15, 0.2) is 46.9 Å². The molecule has 3 N–H and O–H groups in total. The Bertz CT molecular complexity index is 737. The number of para-hydroxylation sites is 2. The number of amides is 2. The summed E-state index contributed by atoms with van der Waals surface area (Å²) in [6.45, 7) is 0.140. The number of benzene rings is 2. The molecule has 2 aromatic rings. The van der Waals surface area contributed by atoms with Gasteiger partial charge in [-0.3, -0.25) is 9.59 Å². The van der Waals surface area contributed by atoms with Crippen molar-refractivity contribution in [1.82, 2.24) is 0 Å². The fourth-order valence-electron chi connectivity index (χ4n) is 1.82. The molecule has 0 saturated carbocycles. The van der Waals surface area contributed by atoms with Crippen LogP contribution in [0, 0.1) is 0 Å². The molecule has 0 atom stereocenters. The minimum Gasteiger partial charge on any atom is -0.491 e. The van der Waals surface area contributed by atoms with Gasteiger partial charge in [0.05, 0.1) is 29.3 Å². The summed E-state index contributed by atoms with van der Waals surface area (Å²) in [6, 6.07) is 11.9. The van der Waals surface area contributed by atoms with Crippen molar-refractivity contribution in [3.05, 3.63) is 57.5 Å². The maximum Gasteiger partial charge on any atom is 0.257 e. The lowest BCUT2D eigenvalue weighted by atomic mass is 10.2. The highest BCUT2D eigenvalue weighted by molar-refractivity contribution is 9.10. The molecule has 0 fully saturated rings. The van der Waals surface area contributed by atoms with Crippen molar-refractivity contribution < 1.29 is 14.3 Å². The number of ether oxygens (including phenoxy) is 1.